The summed E-state index contributed by atoms with van der Waals surface area (Å²) >= 11 is 1.25. The van der Waals surface area contributed by atoms with Crippen molar-refractivity contribution in [3.63, 3.8) is 0 Å². The minimum atomic E-state index is -0.458. The zero-order valence-corrected chi connectivity index (χ0v) is 17.7. The van der Waals surface area contributed by atoms with Crippen LogP contribution in [-0.2, 0) is 0 Å². The van der Waals surface area contributed by atoms with Crippen LogP contribution in [0.3, 0.4) is 0 Å². The number of rotatable bonds is 8. The highest BCUT2D eigenvalue weighted by Gasteiger charge is 2.13. The van der Waals surface area contributed by atoms with Crippen LogP contribution in [0.1, 0.15) is 29.1 Å². The second-order valence-electron chi connectivity index (χ2n) is 6.39. The SMILES string of the molecule is CCN(CC)c1ccc(C=NNC(=O)c2cc3cc([N+](=O)[O-])ccc3s2)c(OC)c1. The van der Waals surface area contributed by atoms with E-state index in [1.165, 1.54) is 29.7 Å². The van der Waals surface area contributed by atoms with Crippen LogP contribution in [0.25, 0.3) is 10.1 Å². The summed E-state index contributed by atoms with van der Waals surface area (Å²) in [4.78, 5) is 25.5. The van der Waals surface area contributed by atoms with Gasteiger partial charge in [-0.25, -0.2) is 5.43 Å². The average molecular weight is 426 g/mol. The minimum Gasteiger partial charge on any atom is -0.496 e. The predicted molar refractivity (Wildman–Crippen MR) is 120 cm³/mol. The van der Waals surface area contributed by atoms with Gasteiger partial charge in [-0.1, -0.05) is 0 Å². The van der Waals surface area contributed by atoms with Crippen LogP contribution in [0.2, 0.25) is 0 Å². The molecule has 1 heterocycles. The standard InChI is InChI=1S/C21H22N4O4S/c1-4-24(5-2)16-7-6-14(18(12-16)29-3)13-22-23-21(26)20-11-15-10-17(25(27)28)8-9-19(15)30-20/h6-13H,4-5H2,1-3H3,(H,23,26). The highest BCUT2D eigenvalue weighted by Crippen LogP contribution is 2.29. The zero-order chi connectivity index (χ0) is 21.7. The number of thiophene rings is 1. The van der Waals surface area contributed by atoms with Crippen molar-refractivity contribution in [3.8, 4) is 5.75 Å². The Bertz CT molecular complexity index is 1110. The molecule has 156 valence electrons. The van der Waals surface area contributed by atoms with E-state index in [0.717, 1.165) is 29.0 Å². The quantitative estimate of drug-likeness (QED) is 0.326. The first-order chi connectivity index (χ1) is 14.5. The molecule has 1 amide bonds. The fourth-order valence-corrected chi connectivity index (χ4v) is 4.00. The first-order valence-electron chi connectivity index (χ1n) is 9.41. The summed E-state index contributed by atoms with van der Waals surface area (Å²) in [5.74, 6) is 0.278. The molecule has 1 N–H and O–H groups in total. The number of carbonyl (C=O) groups excluding carboxylic acids is 1. The second-order valence-corrected chi connectivity index (χ2v) is 7.47. The van der Waals surface area contributed by atoms with Gasteiger partial charge in [-0.05, 0) is 38.1 Å². The van der Waals surface area contributed by atoms with Crippen LogP contribution in [0.15, 0.2) is 47.6 Å². The van der Waals surface area contributed by atoms with Gasteiger partial charge in [-0.3, -0.25) is 14.9 Å². The van der Waals surface area contributed by atoms with Crippen LogP contribution in [0, 0.1) is 10.1 Å². The van der Waals surface area contributed by atoms with Crippen LogP contribution < -0.4 is 15.1 Å². The van der Waals surface area contributed by atoms with Crippen molar-refractivity contribution in [2.24, 2.45) is 5.10 Å². The predicted octanol–water partition coefficient (Wildman–Crippen LogP) is 4.43. The molecule has 0 unspecified atom stereocenters. The number of nitro benzene ring substituents is 1. The summed E-state index contributed by atoms with van der Waals surface area (Å²) in [6.45, 7) is 5.96. The molecule has 9 heteroatoms. The lowest BCUT2D eigenvalue weighted by atomic mass is 10.2. The van der Waals surface area contributed by atoms with Gasteiger partial charge in [0.25, 0.3) is 11.6 Å². The Hall–Kier alpha value is -3.46. The number of anilines is 1. The number of hydrazone groups is 1. The summed E-state index contributed by atoms with van der Waals surface area (Å²) in [7, 11) is 1.59. The van der Waals surface area contributed by atoms with Crippen molar-refractivity contribution in [1.29, 1.82) is 0 Å². The number of hydrogen-bond donors (Lipinski definition) is 1. The molecule has 2 aromatic carbocycles. The van der Waals surface area contributed by atoms with Gasteiger partial charge in [0.2, 0.25) is 0 Å². The maximum absolute atomic E-state index is 12.4. The Labute approximate surface area is 177 Å². The topological polar surface area (TPSA) is 97.1 Å². The molecular weight excluding hydrogens is 404 g/mol. The van der Waals surface area contributed by atoms with E-state index in [4.69, 9.17) is 4.74 Å². The highest BCUT2D eigenvalue weighted by atomic mass is 32.1. The first-order valence-corrected chi connectivity index (χ1v) is 10.2. The number of methoxy groups -OCH3 is 1. The fourth-order valence-electron chi connectivity index (χ4n) is 3.06. The van der Waals surface area contributed by atoms with E-state index in [-0.39, 0.29) is 11.6 Å². The lowest BCUT2D eigenvalue weighted by Crippen LogP contribution is -2.21. The Balaban J connectivity index is 1.74. The van der Waals surface area contributed by atoms with E-state index >= 15 is 0 Å². The summed E-state index contributed by atoms with van der Waals surface area (Å²) in [6, 6.07) is 12.0. The first kappa shape index (κ1) is 21.3. The van der Waals surface area contributed by atoms with Crippen molar-refractivity contribution in [2.75, 3.05) is 25.1 Å². The molecule has 0 aliphatic rings. The zero-order valence-electron chi connectivity index (χ0n) is 16.9. The molecule has 8 nitrogen and oxygen atoms in total. The summed E-state index contributed by atoms with van der Waals surface area (Å²) < 4.78 is 6.25. The van der Waals surface area contributed by atoms with E-state index < -0.39 is 4.92 Å². The number of amides is 1. The fraction of sp³-hybridized carbons (Fsp3) is 0.238. The minimum absolute atomic E-state index is 0.00877. The monoisotopic (exact) mass is 426 g/mol. The lowest BCUT2D eigenvalue weighted by Gasteiger charge is -2.21. The molecule has 0 aliphatic heterocycles. The van der Waals surface area contributed by atoms with Crippen molar-refractivity contribution in [1.82, 2.24) is 5.43 Å². The highest BCUT2D eigenvalue weighted by molar-refractivity contribution is 7.20. The maximum Gasteiger partial charge on any atom is 0.281 e. The number of benzene rings is 2. The van der Waals surface area contributed by atoms with Gasteiger partial charge in [-0.15, -0.1) is 11.3 Å². The number of nitrogens with zero attached hydrogens (tertiary/aromatic N) is 3. The van der Waals surface area contributed by atoms with Gasteiger partial charge in [-0.2, -0.15) is 5.10 Å². The molecule has 0 spiro atoms. The van der Waals surface area contributed by atoms with E-state index in [2.05, 4.69) is 29.3 Å². The van der Waals surface area contributed by atoms with Gasteiger partial charge >= 0.3 is 0 Å². The molecule has 0 aliphatic carbocycles. The van der Waals surface area contributed by atoms with Crippen molar-refractivity contribution in [3.05, 3.63) is 63.0 Å². The number of fused-ring (bicyclic) bond motifs is 1. The van der Waals surface area contributed by atoms with Crippen LogP contribution in [0.5, 0.6) is 5.75 Å². The third-order valence-electron chi connectivity index (χ3n) is 4.65. The van der Waals surface area contributed by atoms with Gasteiger partial charge in [0.1, 0.15) is 5.75 Å². The van der Waals surface area contributed by atoms with Crippen molar-refractivity contribution < 1.29 is 14.5 Å². The van der Waals surface area contributed by atoms with Crippen molar-refractivity contribution >= 4 is 44.9 Å². The summed E-state index contributed by atoms with van der Waals surface area (Å²) in [5, 5.41) is 15.6. The number of carbonyl (C=O) groups is 1. The maximum atomic E-state index is 12.4. The molecule has 30 heavy (non-hydrogen) atoms. The lowest BCUT2D eigenvalue weighted by molar-refractivity contribution is -0.384. The number of ether oxygens (including phenoxy) is 1. The molecule has 0 saturated heterocycles. The normalized spacial score (nSPS) is 11.0. The summed E-state index contributed by atoms with van der Waals surface area (Å²) in [6.07, 6.45) is 1.53. The Kier molecular flexibility index (Phi) is 6.63. The molecule has 0 atom stereocenters. The average Bonchev–Trinajstić information content (AvgIpc) is 3.18. The number of hydrogen-bond acceptors (Lipinski definition) is 7. The van der Waals surface area contributed by atoms with Gasteiger partial charge in [0, 0.05) is 52.6 Å². The smallest absolute Gasteiger partial charge is 0.281 e. The second kappa shape index (κ2) is 9.36. The molecule has 0 fully saturated rings. The molecule has 0 radical (unpaired) electrons. The Morgan fingerprint density at radius 2 is 2.00 bits per heavy atom. The molecule has 3 rings (SSSR count). The largest absolute Gasteiger partial charge is 0.496 e. The molecule has 1 aromatic heterocycles. The molecule has 3 aromatic rings. The number of non-ortho nitro benzene ring substituents is 1. The summed E-state index contributed by atoms with van der Waals surface area (Å²) in [5.41, 5.74) is 4.28. The van der Waals surface area contributed by atoms with E-state index in [0.29, 0.717) is 16.0 Å². The van der Waals surface area contributed by atoms with Gasteiger partial charge in [0.05, 0.1) is 23.1 Å². The van der Waals surface area contributed by atoms with Crippen LogP contribution in [-0.4, -0.2) is 37.2 Å². The Morgan fingerprint density at radius 1 is 1.23 bits per heavy atom. The van der Waals surface area contributed by atoms with Gasteiger partial charge in [0.15, 0.2) is 0 Å². The third kappa shape index (κ3) is 4.57. The Morgan fingerprint density at radius 3 is 2.67 bits per heavy atom. The van der Waals surface area contributed by atoms with Crippen LogP contribution in [0.4, 0.5) is 11.4 Å². The molecule has 0 saturated carbocycles. The third-order valence-corrected chi connectivity index (χ3v) is 5.76. The molecule has 0 bridgehead atoms. The molecular formula is C21H22N4O4S. The number of nitro groups is 1. The van der Waals surface area contributed by atoms with E-state index in [1.807, 2.05) is 18.2 Å². The van der Waals surface area contributed by atoms with Crippen molar-refractivity contribution in [2.45, 2.75) is 13.8 Å². The number of nitrogens with one attached hydrogen (secondary N) is 1. The van der Waals surface area contributed by atoms with Crippen LogP contribution >= 0.6 is 11.3 Å². The van der Waals surface area contributed by atoms with E-state index in [9.17, 15) is 14.9 Å². The van der Waals surface area contributed by atoms with Gasteiger partial charge < -0.3 is 9.64 Å². The van der Waals surface area contributed by atoms with E-state index in [1.54, 1.807) is 19.2 Å².